The van der Waals surface area contributed by atoms with E-state index in [0.717, 1.165) is 25.3 Å². The van der Waals surface area contributed by atoms with E-state index in [-0.39, 0.29) is 11.9 Å². The SMILES string of the molecule is CC(C)C(NC(=O)CCN1CCCCCCC1)c1ccccn1. The van der Waals surface area contributed by atoms with Gasteiger partial charge in [0.2, 0.25) is 5.91 Å². The van der Waals surface area contributed by atoms with Crippen LogP contribution >= 0.6 is 0 Å². The van der Waals surface area contributed by atoms with Crippen molar-refractivity contribution in [2.45, 2.75) is 58.4 Å². The van der Waals surface area contributed by atoms with E-state index in [4.69, 9.17) is 0 Å². The van der Waals surface area contributed by atoms with E-state index in [1.165, 1.54) is 32.1 Å². The van der Waals surface area contributed by atoms with Gasteiger partial charge in [0.05, 0.1) is 11.7 Å². The summed E-state index contributed by atoms with van der Waals surface area (Å²) in [6.07, 6.45) is 8.94. The monoisotopic (exact) mass is 317 g/mol. The molecule has 1 atom stereocenters. The van der Waals surface area contributed by atoms with Crippen LogP contribution < -0.4 is 5.32 Å². The van der Waals surface area contributed by atoms with Gasteiger partial charge in [0.15, 0.2) is 0 Å². The minimum absolute atomic E-state index is 0.00367. The number of aromatic nitrogens is 1. The van der Waals surface area contributed by atoms with Gasteiger partial charge in [-0.25, -0.2) is 0 Å². The molecule has 0 spiro atoms. The number of rotatable bonds is 6. The van der Waals surface area contributed by atoms with Crippen molar-refractivity contribution in [3.8, 4) is 0 Å². The summed E-state index contributed by atoms with van der Waals surface area (Å²) in [5.74, 6) is 0.465. The van der Waals surface area contributed by atoms with Gasteiger partial charge in [0.25, 0.3) is 0 Å². The number of nitrogens with one attached hydrogen (secondary N) is 1. The van der Waals surface area contributed by atoms with Gasteiger partial charge in [-0.1, -0.05) is 39.2 Å². The van der Waals surface area contributed by atoms with Crippen LogP contribution in [0.1, 0.15) is 64.1 Å². The van der Waals surface area contributed by atoms with E-state index >= 15 is 0 Å². The van der Waals surface area contributed by atoms with Crippen molar-refractivity contribution >= 4 is 5.91 Å². The van der Waals surface area contributed by atoms with Crippen LogP contribution in [0.3, 0.4) is 0 Å². The molecule has 1 aliphatic heterocycles. The number of nitrogens with zero attached hydrogens (tertiary/aromatic N) is 2. The standard InChI is InChI=1S/C19H31N3O/c1-16(2)19(17-10-6-7-12-20-17)21-18(23)11-15-22-13-8-4-3-5-9-14-22/h6-7,10,12,16,19H,3-5,8-9,11,13-15H2,1-2H3,(H,21,23). The van der Waals surface area contributed by atoms with E-state index in [1.54, 1.807) is 6.20 Å². The van der Waals surface area contributed by atoms with Gasteiger partial charge in [0, 0.05) is 19.2 Å². The summed E-state index contributed by atoms with van der Waals surface area (Å²) in [5.41, 5.74) is 0.946. The molecule has 0 saturated carbocycles. The third-order valence-corrected chi connectivity index (χ3v) is 4.59. The molecule has 0 bridgehead atoms. The van der Waals surface area contributed by atoms with E-state index in [2.05, 4.69) is 29.0 Å². The molecule has 0 radical (unpaired) electrons. The molecule has 2 rings (SSSR count). The second-order valence-corrected chi connectivity index (χ2v) is 6.90. The predicted octanol–water partition coefficient (Wildman–Crippen LogP) is 3.55. The van der Waals surface area contributed by atoms with Crippen molar-refractivity contribution in [2.24, 2.45) is 5.92 Å². The first-order chi connectivity index (χ1) is 11.2. The molecule has 0 aliphatic carbocycles. The van der Waals surface area contributed by atoms with Gasteiger partial charge in [-0.05, 0) is 44.0 Å². The fourth-order valence-corrected chi connectivity index (χ4v) is 3.18. The number of hydrogen-bond donors (Lipinski definition) is 1. The van der Waals surface area contributed by atoms with Crippen LogP contribution in [0.2, 0.25) is 0 Å². The third-order valence-electron chi connectivity index (χ3n) is 4.59. The zero-order valence-electron chi connectivity index (χ0n) is 14.6. The summed E-state index contributed by atoms with van der Waals surface area (Å²) in [5, 5.41) is 3.17. The lowest BCUT2D eigenvalue weighted by Crippen LogP contribution is -2.36. The maximum atomic E-state index is 12.4. The zero-order chi connectivity index (χ0) is 16.5. The summed E-state index contributed by atoms with van der Waals surface area (Å²) < 4.78 is 0. The molecule has 4 heteroatoms. The molecule has 1 N–H and O–H groups in total. The molecular weight excluding hydrogens is 286 g/mol. The maximum absolute atomic E-state index is 12.4. The largest absolute Gasteiger partial charge is 0.347 e. The molecule has 1 aliphatic rings. The number of carbonyl (C=O) groups excluding carboxylic acids is 1. The lowest BCUT2D eigenvalue weighted by Gasteiger charge is -2.25. The van der Waals surface area contributed by atoms with Gasteiger partial charge in [0.1, 0.15) is 0 Å². The molecule has 0 aromatic carbocycles. The quantitative estimate of drug-likeness (QED) is 0.872. The van der Waals surface area contributed by atoms with Crippen LogP contribution in [0.15, 0.2) is 24.4 Å². The summed E-state index contributed by atoms with van der Waals surface area (Å²) in [6, 6.07) is 5.87. The molecule has 128 valence electrons. The van der Waals surface area contributed by atoms with E-state index in [1.807, 2.05) is 18.2 Å². The Balaban J connectivity index is 1.82. The van der Waals surface area contributed by atoms with Crippen LogP contribution in [0, 0.1) is 5.92 Å². The lowest BCUT2D eigenvalue weighted by molar-refractivity contribution is -0.122. The Bertz CT molecular complexity index is 453. The molecule has 2 heterocycles. The highest BCUT2D eigenvalue weighted by atomic mass is 16.1. The van der Waals surface area contributed by atoms with Crippen LogP contribution in [0.4, 0.5) is 0 Å². The van der Waals surface area contributed by atoms with Crippen molar-refractivity contribution in [2.75, 3.05) is 19.6 Å². The maximum Gasteiger partial charge on any atom is 0.221 e. The highest BCUT2D eigenvalue weighted by Crippen LogP contribution is 2.19. The first-order valence-electron chi connectivity index (χ1n) is 9.09. The van der Waals surface area contributed by atoms with Crippen LogP contribution in [0.5, 0.6) is 0 Å². The molecule has 1 aromatic heterocycles. The fourth-order valence-electron chi connectivity index (χ4n) is 3.18. The molecule has 23 heavy (non-hydrogen) atoms. The average molecular weight is 317 g/mol. The number of carbonyl (C=O) groups is 1. The highest BCUT2D eigenvalue weighted by molar-refractivity contribution is 5.76. The van der Waals surface area contributed by atoms with Crippen molar-refractivity contribution in [3.05, 3.63) is 30.1 Å². The van der Waals surface area contributed by atoms with Crippen LogP contribution in [-0.4, -0.2) is 35.4 Å². The Labute approximate surface area is 140 Å². The fraction of sp³-hybridized carbons (Fsp3) is 0.684. The van der Waals surface area contributed by atoms with Gasteiger partial charge < -0.3 is 10.2 Å². The Morgan fingerprint density at radius 2 is 1.87 bits per heavy atom. The van der Waals surface area contributed by atoms with E-state index < -0.39 is 0 Å². The van der Waals surface area contributed by atoms with Crippen LogP contribution in [0.25, 0.3) is 0 Å². The summed E-state index contributed by atoms with van der Waals surface area (Å²) in [6.45, 7) is 7.40. The van der Waals surface area contributed by atoms with E-state index in [0.29, 0.717) is 12.3 Å². The second-order valence-electron chi connectivity index (χ2n) is 6.90. The van der Waals surface area contributed by atoms with Crippen molar-refractivity contribution < 1.29 is 4.79 Å². The number of hydrogen-bond acceptors (Lipinski definition) is 3. The Morgan fingerprint density at radius 1 is 1.17 bits per heavy atom. The molecule has 1 fully saturated rings. The van der Waals surface area contributed by atoms with Crippen LogP contribution in [-0.2, 0) is 4.79 Å². The van der Waals surface area contributed by atoms with Gasteiger partial charge >= 0.3 is 0 Å². The van der Waals surface area contributed by atoms with Crippen molar-refractivity contribution in [3.63, 3.8) is 0 Å². The van der Waals surface area contributed by atoms with Crippen molar-refractivity contribution in [1.29, 1.82) is 0 Å². The predicted molar refractivity (Wildman–Crippen MR) is 94.1 cm³/mol. The van der Waals surface area contributed by atoms with E-state index in [9.17, 15) is 4.79 Å². The lowest BCUT2D eigenvalue weighted by atomic mass is 10.00. The number of amides is 1. The number of pyridine rings is 1. The highest BCUT2D eigenvalue weighted by Gasteiger charge is 2.19. The molecule has 1 unspecified atom stereocenters. The average Bonchev–Trinajstić information content (AvgIpc) is 2.52. The first kappa shape index (κ1) is 17.9. The topological polar surface area (TPSA) is 45.2 Å². The zero-order valence-corrected chi connectivity index (χ0v) is 14.6. The minimum atomic E-state index is -0.00367. The molecule has 1 amide bonds. The molecule has 4 nitrogen and oxygen atoms in total. The third kappa shape index (κ3) is 6.30. The Kier molecular flexibility index (Phi) is 7.53. The summed E-state index contributed by atoms with van der Waals surface area (Å²) in [7, 11) is 0. The smallest absolute Gasteiger partial charge is 0.221 e. The number of likely N-dealkylation sites (tertiary alicyclic amines) is 1. The van der Waals surface area contributed by atoms with Gasteiger partial charge in [-0.15, -0.1) is 0 Å². The summed E-state index contributed by atoms with van der Waals surface area (Å²) in [4.78, 5) is 19.2. The molecule has 1 aromatic rings. The van der Waals surface area contributed by atoms with Crippen molar-refractivity contribution in [1.82, 2.24) is 15.2 Å². The molecular formula is C19H31N3O. The Morgan fingerprint density at radius 3 is 2.48 bits per heavy atom. The normalized spacial score (nSPS) is 18.2. The molecule has 1 saturated heterocycles. The first-order valence-corrected chi connectivity index (χ1v) is 9.09. The Hall–Kier alpha value is -1.42. The summed E-state index contributed by atoms with van der Waals surface area (Å²) >= 11 is 0. The van der Waals surface area contributed by atoms with Gasteiger partial charge in [-0.2, -0.15) is 0 Å². The minimum Gasteiger partial charge on any atom is -0.347 e. The second kappa shape index (κ2) is 9.66. The van der Waals surface area contributed by atoms with Gasteiger partial charge in [-0.3, -0.25) is 9.78 Å².